The number of hydrogen-bond acceptors (Lipinski definition) is 6. The number of aryl methyl sites for hydroxylation is 1. The average molecular weight is 417 g/mol. The highest BCUT2D eigenvalue weighted by Gasteiger charge is 2.13. The Hall–Kier alpha value is -2.78. The second kappa shape index (κ2) is 8.94. The van der Waals surface area contributed by atoms with Crippen molar-refractivity contribution in [2.45, 2.75) is 20.0 Å². The third-order valence-electron chi connectivity index (χ3n) is 3.95. The van der Waals surface area contributed by atoms with Gasteiger partial charge in [0.25, 0.3) is 5.56 Å². The molecule has 0 aliphatic heterocycles. The number of benzene rings is 1. The lowest BCUT2D eigenvalue weighted by Gasteiger charge is -2.09. The maximum Gasteiger partial charge on any atom is 0.273 e. The van der Waals surface area contributed by atoms with Gasteiger partial charge in [-0.1, -0.05) is 29.5 Å². The van der Waals surface area contributed by atoms with Crippen LogP contribution >= 0.6 is 23.6 Å². The third kappa shape index (κ3) is 4.55. The topological polar surface area (TPSA) is 78.2 Å². The van der Waals surface area contributed by atoms with Gasteiger partial charge in [-0.15, -0.1) is 6.58 Å². The molecule has 0 aliphatic rings. The molecule has 0 aliphatic carbocycles. The molecule has 0 bridgehead atoms. The first-order valence-electron chi connectivity index (χ1n) is 8.65. The number of carbonyl (C=O) groups excluding carboxylic acids is 1. The van der Waals surface area contributed by atoms with Gasteiger partial charge in [0.15, 0.2) is 9.60 Å². The van der Waals surface area contributed by atoms with Crippen LogP contribution in [0, 0.1) is 10.9 Å². The summed E-state index contributed by atoms with van der Waals surface area (Å²) in [5, 5.41) is 2.74. The highest BCUT2D eigenvalue weighted by atomic mass is 32.1. The van der Waals surface area contributed by atoms with E-state index >= 15 is 0 Å². The first kappa shape index (κ1) is 20.0. The molecule has 1 aromatic carbocycles. The molecule has 28 heavy (non-hydrogen) atoms. The average Bonchev–Trinajstić information content (AvgIpc) is 2.98. The van der Waals surface area contributed by atoms with Crippen molar-refractivity contribution in [3.05, 3.63) is 63.1 Å². The predicted molar refractivity (Wildman–Crippen MR) is 113 cm³/mol. The minimum absolute atomic E-state index is 0.113. The second-order valence-electron chi connectivity index (χ2n) is 6.11. The van der Waals surface area contributed by atoms with Gasteiger partial charge in [0, 0.05) is 6.54 Å². The van der Waals surface area contributed by atoms with Gasteiger partial charge in [-0.05, 0) is 36.8 Å². The number of rotatable bonds is 8. The Morgan fingerprint density at radius 3 is 3.04 bits per heavy atom. The van der Waals surface area contributed by atoms with E-state index in [1.165, 1.54) is 22.2 Å². The highest BCUT2D eigenvalue weighted by molar-refractivity contribution is 7.73. The number of hydrogen-bond donors (Lipinski definition) is 1. The van der Waals surface area contributed by atoms with Gasteiger partial charge in [0.05, 0.1) is 6.54 Å². The molecular weight excluding hydrogens is 396 g/mol. The Labute approximate surface area is 170 Å². The molecule has 1 amide bonds. The van der Waals surface area contributed by atoms with Crippen LogP contribution < -0.4 is 15.6 Å². The van der Waals surface area contributed by atoms with E-state index < -0.39 is 0 Å². The van der Waals surface area contributed by atoms with Gasteiger partial charge in [-0.3, -0.25) is 14.2 Å². The maximum atomic E-state index is 12.6. The van der Waals surface area contributed by atoms with E-state index in [0.717, 1.165) is 11.3 Å². The SMILES string of the molecule is C=CCn1c(=S)sc2c(=O)n(CC(=O)NCCOc3cccc(C)c3)cnc21. The summed E-state index contributed by atoms with van der Waals surface area (Å²) in [6.07, 6.45) is 3.07. The Kier molecular flexibility index (Phi) is 6.37. The zero-order valence-corrected chi connectivity index (χ0v) is 17.0. The number of nitrogens with zero attached hydrogens (tertiary/aromatic N) is 3. The van der Waals surface area contributed by atoms with Crippen molar-refractivity contribution in [2.24, 2.45) is 0 Å². The summed E-state index contributed by atoms with van der Waals surface area (Å²) in [5.74, 6) is 0.468. The van der Waals surface area contributed by atoms with Crippen LogP contribution in [0.5, 0.6) is 5.75 Å². The number of aromatic nitrogens is 3. The summed E-state index contributed by atoms with van der Waals surface area (Å²) >= 11 is 6.47. The van der Waals surface area contributed by atoms with E-state index in [2.05, 4.69) is 16.9 Å². The number of thiazole rings is 1. The Morgan fingerprint density at radius 2 is 2.29 bits per heavy atom. The van der Waals surface area contributed by atoms with Gasteiger partial charge >= 0.3 is 0 Å². The van der Waals surface area contributed by atoms with Crippen molar-refractivity contribution in [1.29, 1.82) is 0 Å². The Bertz CT molecular complexity index is 1130. The predicted octanol–water partition coefficient (Wildman–Crippen LogP) is 2.68. The first-order valence-corrected chi connectivity index (χ1v) is 9.88. The van der Waals surface area contributed by atoms with E-state index in [-0.39, 0.29) is 18.0 Å². The monoisotopic (exact) mass is 416 g/mol. The molecule has 1 N–H and O–H groups in total. The van der Waals surface area contributed by atoms with E-state index in [0.29, 0.717) is 34.0 Å². The largest absolute Gasteiger partial charge is 0.492 e. The molecule has 0 radical (unpaired) electrons. The van der Waals surface area contributed by atoms with Crippen LogP contribution in [0.25, 0.3) is 10.3 Å². The number of allylic oxidation sites excluding steroid dienone is 1. The minimum Gasteiger partial charge on any atom is -0.492 e. The molecular formula is C19H20N4O3S2. The van der Waals surface area contributed by atoms with Crippen LogP contribution in [0.15, 0.2) is 48.0 Å². The van der Waals surface area contributed by atoms with Gasteiger partial charge in [0.1, 0.15) is 29.9 Å². The summed E-state index contributed by atoms with van der Waals surface area (Å²) in [4.78, 5) is 29.1. The normalized spacial score (nSPS) is 10.8. The van der Waals surface area contributed by atoms with Crippen molar-refractivity contribution >= 4 is 39.8 Å². The van der Waals surface area contributed by atoms with E-state index in [9.17, 15) is 9.59 Å². The lowest BCUT2D eigenvalue weighted by atomic mass is 10.2. The van der Waals surface area contributed by atoms with E-state index in [1.807, 2.05) is 31.2 Å². The molecule has 0 spiro atoms. The van der Waals surface area contributed by atoms with Crippen molar-refractivity contribution in [1.82, 2.24) is 19.4 Å². The van der Waals surface area contributed by atoms with Gasteiger partial charge < -0.3 is 14.6 Å². The fourth-order valence-corrected chi connectivity index (χ4v) is 3.97. The van der Waals surface area contributed by atoms with Crippen molar-refractivity contribution in [3.63, 3.8) is 0 Å². The standard InChI is InChI=1S/C19H20N4O3S2/c1-3-8-23-17-16(28-19(23)27)18(25)22(12-21-17)11-15(24)20-7-9-26-14-6-4-5-13(2)10-14/h3-6,10,12H,1,7-9,11H2,2H3,(H,20,24). The fraction of sp³-hybridized carbons (Fsp3) is 0.263. The minimum atomic E-state index is -0.287. The van der Waals surface area contributed by atoms with Gasteiger partial charge in [-0.2, -0.15) is 0 Å². The van der Waals surface area contributed by atoms with Crippen LogP contribution in [-0.2, 0) is 17.9 Å². The first-order chi connectivity index (χ1) is 13.5. The molecule has 0 unspecified atom stereocenters. The molecule has 3 rings (SSSR count). The van der Waals surface area contributed by atoms with Crippen LogP contribution in [-0.4, -0.2) is 33.2 Å². The van der Waals surface area contributed by atoms with Crippen LogP contribution in [0.4, 0.5) is 0 Å². The summed E-state index contributed by atoms with van der Waals surface area (Å²) in [6.45, 7) is 6.72. The molecule has 0 fully saturated rings. The number of carbonyl (C=O) groups is 1. The summed E-state index contributed by atoms with van der Waals surface area (Å²) in [5.41, 5.74) is 1.34. The summed E-state index contributed by atoms with van der Waals surface area (Å²) in [7, 11) is 0. The van der Waals surface area contributed by atoms with E-state index in [4.69, 9.17) is 17.0 Å². The van der Waals surface area contributed by atoms with Gasteiger partial charge in [-0.25, -0.2) is 4.98 Å². The zero-order valence-electron chi connectivity index (χ0n) is 15.4. The van der Waals surface area contributed by atoms with Crippen molar-refractivity contribution < 1.29 is 9.53 Å². The van der Waals surface area contributed by atoms with Gasteiger partial charge in [0.2, 0.25) is 5.91 Å². The fourth-order valence-electron chi connectivity index (χ4n) is 2.65. The molecule has 7 nitrogen and oxygen atoms in total. The maximum absolute atomic E-state index is 12.6. The third-order valence-corrected chi connectivity index (χ3v) is 5.38. The molecule has 9 heteroatoms. The second-order valence-corrected chi connectivity index (χ2v) is 7.76. The summed E-state index contributed by atoms with van der Waals surface area (Å²) in [6, 6.07) is 7.69. The smallest absolute Gasteiger partial charge is 0.273 e. The van der Waals surface area contributed by atoms with Crippen molar-refractivity contribution in [3.8, 4) is 5.75 Å². The molecule has 2 aromatic heterocycles. The summed E-state index contributed by atoms with van der Waals surface area (Å²) < 4.78 is 9.60. The lowest BCUT2D eigenvalue weighted by molar-refractivity contribution is -0.121. The Morgan fingerprint density at radius 1 is 1.46 bits per heavy atom. The molecule has 0 saturated heterocycles. The zero-order chi connectivity index (χ0) is 20.1. The molecule has 0 atom stereocenters. The molecule has 0 saturated carbocycles. The molecule has 2 heterocycles. The van der Waals surface area contributed by atoms with Crippen LogP contribution in [0.3, 0.4) is 0 Å². The number of fused-ring (bicyclic) bond motifs is 1. The number of amides is 1. The van der Waals surface area contributed by atoms with Crippen LogP contribution in [0.1, 0.15) is 5.56 Å². The highest BCUT2D eigenvalue weighted by Crippen LogP contribution is 2.17. The van der Waals surface area contributed by atoms with Crippen molar-refractivity contribution in [2.75, 3.05) is 13.2 Å². The van der Waals surface area contributed by atoms with Crippen LogP contribution in [0.2, 0.25) is 0 Å². The Balaban J connectivity index is 1.60. The van der Waals surface area contributed by atoms with E-state index in [1.54, 1.807) is 10.6 Å². The quantitative estimate of drug-likeness (QED) is 0.347. The number of ether oxygens (including phenoxy) is 1. The molecule has 3 aromatic rings. The number of nitrogens with one attached hydrogen (secondary N) is 1. The lowest BCUT2D eigenvalue weighted by Crippen LogP contribution is -2.34. The molecule has 146 valence electrons.